The summed E-state index contributed by atoms with van der Waals surface area (Å²) in [4.78, 5) is 2.48. The molecular weight excluding hydrogens is 699 g/mol. The summed E-state index contributed by atoms with van der Waals surface area (Å²) in [6.45, 7) is 4.00. The molecule has 0 spiro atoms. The largest absolute Gasteiger partial charge is 0.310 e. The average molecular weight is 746 g/mol. The molecule has 280 valence electrons. The number of hydrogen-bond acceptors (Lipinski definition) is 1. The van der Waals surface area contributed by atoms with Crippen LogP contribution in [0.1, 0.15) is 54.5 Å². The van der Waals surface area contributed by atoms with E-state index in [1.807, 2.05) is 13.8 Å². The van der Waals surface area contributed by atoms with Crippen molar-refractivity contribution in [2.24, 2.45) is 0 Å². The molecule has 0 aliphatic heterocycles. The highest BCUT2D eigenvalue weighted by molar-refractivity contribution is 5.96. The zero-order chi connectivity index (χ0) is 39.3. The number of hydrogen-bond donors (Lipinski definition) is 0. The molecule has 0 radical (unpaired) electrons. The van der Waals surface area contributed by atoms with Gasteiger partial charge in [-0.3, -0.25) is 0 Å². The molecule has 0 N–H and O–H groups in total. The Morgan fingerprint density at radius 2 is 0.948 bits per heavy atom. The standard InChI is InChI=1S/C55H41N.C2H6/c1-5-20-40(21-6-1)42-24-19-29-45(38-42)56(54-35-18-16-33-51(54)48-31-14-13-30-47(48)41-22-7-2-8-23-41)46-36-37-50-49-32-15-17-34-52(49)55(53(50)39-46,43-25-9-3-10-26-43)44-27-11-4-12-28-44;1-2/h2-5,7-39H,1,6H2;1-2H3. The second-order valence-electron chi connectivity index (χ2n) is 14.7. The van der Waals surface area contributed by atoms with Crippen LogP contribution in [0.5, 0.6) is 0 Å². The third kappa shape index (κ3) is 6.39. The van der Waals surface area contributed by atoms with Gasteiger partial charge in [0.1, 0.15) is 0 Å². The van der Waals surface area contributed by atoms with Gasteiger partial charge in [0.05, 0.1) is 11.1 Å². The van der Waals surface area contributed by atoms with Crippen LogP contribution in [0.25, 0.3) is 39.0 Å². The van der Waals surface area contributed by atoms with Gasteiger partial charge >= 0.3 is 0 Å². The van der Waals surface area contributed by atoms with Crippen LogP contribution in [0, 0.1) is 0 Å². The molecule has 1 nitrogen and oxygen atoms in total. The summed E-state index contributed by atoms with van der Waals surface area (Å²) >= 11 is 0. The van der Waals surface area contributed by atoms with Crippen LogP contribution in [-0.2, 0) is 5.41 Å². The molecule has 2 aliphatic rings. The maximum absolute atomic E-state index is 2.48. The predicted octanol–water partition coefficient (Wildman–Crippen LogP) is 15.6. The number of anilines is 3. The van der Waals surface area contributed by atoms with Crippen molar-refractivity contribution >= 4 is 22.6 Å². The van der Waals surface area contributed by atoms with Crippen molar-refractivity contribution in [1.29, 1.82) is 0 Å². The smallest absolute Gasteiger partial charge is 0.0714 e. The fourth-order valence-electron chi connectivity index (χ4n) is 9.13. The molecule has 0 amide bonds. The monoisotopic (exact) mass is 745 g/mol. The first-order chi connectivity index (χ1) is 28.8. The lowest BCUT2D eigenvalue weighted by molar-refractivity contribution is 0.768. The van der Waals surface area contributed by atoms with Crippen LogP contribution in [0.4, 0.5) is 17.1 Å². The van der Waals surface area contributed by atoms with Gasteiger partial charge in [-0.15, -0.1) is 0 Å². The Morgan fingerprint density at radius 1 is 0.397 bits per heavy atom. The van der Waals surface area contributed by atoms with Gasteiger partial charge in [-0.05, 0) is 104 Å². The van der Waals surface area contributed by atoms with Gasteiger partial charge in [0.25, 0.3) is 0 Å². The fourth-order valence-corrected chi connectivity index (χ4v) is 9.13. The molecule has 58 heavy (non-hydrogen) atoms. The van der Waals surface area contributed by atoms with E-state index in [1.165, 1.54) is 66.8 Å². The Bertz CT molecular complexity index is 2700. The van der Waals surface area contributed by atoms with E-state index in [2.05, 4.69) is 229 Å². The molecule has 0 heterocycles. The Morgan fingerprint density at radius 3 is 1.64 bits per heavy atom. The molecule has 0 saturated heterocycles. The van der Waals surface area contributed by atoms with Crippen LogP contribution in [0.2, 0.25) is 0 Å². The number of rotatable bonds is 8. The lowest BCUT2D eigenvalue weighted by atomic mass is 9.67. The lowest BCUT2D eigenvalue weighted by Gasteiger charge is -2.35. The summed E-state index contributed by atoms with van der Waals surface area (Å²) in [5, 5.41) is 0. The molecule has 0 atom stereocenters. The summed E-state index contributed by atoms with van der Waals surface area (Å²) in [6, 6.07) is 75.9. The minimum atomic E-state index is -0.505. The molecule has 0 bridgehead atoms. The molecule has 8 aromatic rings. The van der Waals surface area contributed by atoms with E-state index in [1.54, 1.807) is 0 Å². The summed E-state index contributed by atoms with van der Waals surface area (Å²) in [7, 11) is 0. The first kappa shape index (κ1) is 36.7. The van der Waals surface area contributed by atoms with Gasteiger partial charge in [0, 0.05) is 16.9 Å². The number of fused-ring (bicyclic) bond motifs is 3. The van der Waals surface area contributed by atoms with E-state index in [4.69, 9.17) is 0 Å². The highest BCUT2D eigenvalue weighted by Crippen LogP contribution is 2.57. The molecule has 10 rings (SSSR count). The van der Waals surface area contributed by atoms with Gasteiger partial charge in [-0.1, -0.05) is 208 Å². The van der Waals surface area contributed by atoms with Crippen LogP contribution >= 0.6 is 0 Å². The summed E-state index contributed by atoms with van der Waals surface area (Å²) < 4.78 is 0. The second-order valence-corrected chi connectivity index (χ2v) is 14.7. The molecule has 0 unspecified atom stereocenters. The fraction of sp³-hybridized carbons (Fsp3) is 0.0877. The summed E-state index contributed by atoms with van der Waals surface area (Å²) in [5.74, 6) is 0. The highest BCUT2D eigenvalue weighted by atomic mass is 15.1. The Kier molecular flexibility index (Phi) is 10.3. The van der Waals surface area contributed by atoms with Crippen LogP contribution < -0.4 is 4.90 Å². The van der Waals surface area contributed by atoms with E-state index >= 15 is 0 Å². The molecule has 0 saturated carbocycles. The normalized spacial score (nSPS) is 13.4. The van der Waals surface area contributed by atoms with Crippen LogP contribution in [0.15, 0.2) is 224 Å². The van der Waals surface area contributed by atoms with Crippen LogP contribution in [-0.4, -0.2) is 0 Å². The number of para-hydroxylation sites is 1. The molecular formula is C57H47N. The van der Waals surface area contributed by atoms with E-state index in [9.17, 15) is 0 Å². The van der Waals surface area contributed by atoms with E-state index in [0.717, 1.165) is 29.9 Å². The summed E-state index contributed by atoms with van der Waals surface area (Å²) in [5.41, 5.74) is 17.8. The Balaban J connectivity index is 0.00000215. The molecule has 2 aliphatic carbocycles. The highest BCUT2D eigenvalue weighted by Gasteiger charge is 2.46. The predicted molar refractivity (Wildman–Crippen MR) is 247 cm³/mol. The van der Waals surface area contributed by atoms with Crippen molar-refractivity contribution in [2.75, 3.05) is 4.90 Å². The Hall–Kier alpha value is -6.96. The molecule has 1 heteroatoms. The van der Waals surface area contributed by atoms with Gasteiger partial charge in [0.15, 0.2) is 0 Å². The van der Waals surface area contributed by atoms with Gasteiger partial charge in [0.2, 0.25) is 0 Å². The first-order valence-corrected chi connectivity index (χ1v) is 20.7. The van der Waals surface area contributed by atoms with Crippen molar-refractivity contribution in [1.82, 2.24) is 0 Å². The maximum atomic E-state index is 2.48. The third-order valence-corrected chi connectivity index (χ3v) is 11.6. The topological polar surface area (TPSA) is 3.24 Å². The molecule has 0 aromatic heterocycles. The van der Waals surface area contributed by atoms with Crippen molar-refractivity contribution in [3.63, 3.8) is 0 Å². The van der Waals surface area contributed by atoms with Gasteiger partial charge in [-0.2, -0.15) is 0 Å². The van der Waals surface area contributed by atoms with E-state index in [-0.39, 0.29) is 0 Å². The molecule has 8 aromatic carbocycles. The van der Waals surface area contributed by atoms with Gasteiger partial charge < -0.3 is 4.90 Å². The van der Waals surface area contributed by atoms with Crippen molar-refractivity contribution in [3.05, 3.63) is 252 Å². The average Bonchev–Trinajstić information content (AvgIpc) is 3.61. The van der Waals surface area contributed by atoms with E-state index in [0.29, 0.717) is 0 Å². The molecule has 0 fully saturated rings. The third-order valence-electron chi connectivity index (χ3n) is 11.6. The van der Waals surface area contributed by atoms with E-state index < -0.39 is 5.41 Å². The minimum Gasteiger partial charge on any atom is -0.310 e. The van der Waals surface area contributed by atoms with Crippen LogP contribution in [0.3, 0.4) is 0 Å². The second kappa shape index (κ2) is 16.3. The number of benzene rings is 8. The zero-order valence-corrected chi connectivity index (χ0v) is 33.2. The van der Waals surface area contributed by atoms with Crippen molar-refractivity contribution in [3.8, 4) is 33.4 Å². The maximum Gasteiger partial charge on any atom is 0.0714 e. The lowest BCUT2D eigenvalue weighted by Crippen LogP contribution is -2.28. The first-order valence-electron chi connectivity index (χ1n) is 20.7. The SMILES string of the molecule is C1=CC(c2cccc(N(c3ccc4c(c3)C(c3ccccc3)(c3ccccc3)c3ccccc3-4)c3ccccc3-c3ccccc3-c3ccccc3)c2)=CCC1.CC. The van der Waals surface area contributed by atoms with Crippen molar-refractivity contribution in [2.45, 2.75) is 32.1 Å². The quantitative estimate of drug-likeness (QED) is 0.150. The minimum absolute atomic E-state index is 0.505. The Labute approximate surface area is 343 Å². The number of nitrogens with zero attached hydrogens (tertiary/aromatic N) is 1. The zero-order valence-electron chi connectivity index (χ0n) is 33.2. The summed E-state index contributed by atoms with van der Waals surface area (Å²) in [6.07, 6.45) is 9.09. The van der Waals surface area contributed by atoms with Gasteiger partial charge in [-0.25, -0.2) is 0 Å². The number of allylic oxidation sites excluding steroid dienone is 4. The van der Waals surface area contributed by atoms with Crippen molar-refractivity contribution < 1.29 is 0 Å².